The number of ether oxygens (including phenoxy) is 2. The van der Waals surface area contributed by atoms with Crippen molar-refractivity contribution >= 4 is 11.4 Å². The van der Waals surface area contributed by atoms with E-state index < -0.39 is 16.0 Å². The maximum Gasteiger partial charge on any atom is 0.273 e. The molecule has 0 amide bonds. The van der Waals surface area contributed by atoms with Crippen molar-refractivity contribution in [3.05, 3.63) is 68.3 Å². The summed E-state index contributed by atoms with van der Waals surface area (Å²) >= 11 is 0. The summed E-state index contributed by atoms with van der Waals surface area (Å²) in [6.45, 7) is 1.69. The van der Waals surface area contributed by atoms with Crippen LogP contribution in [-0.4, -0.2) is 17.0 Å². The molecule has 0 radical (unpaired) electrons. The Bertz CT molecular complexity index is 746. The van der Waals surface area contributed by atoms with Gasteiger partial charge in [-0.25, -0.2) is 0 Å². The number of benzene rings is 2. The molecule has 2 aromatic rings. The molecule has 8 heteroatoms. The highest BCUT2D eigenvalue weighted by molar-refractivity contribution is 5.49. The lowest BCUT2D eigenvalue weighted by Gasteiger charge is -2.17. The Morgan fingerprint density at radius 3 is 2.22 bits per heavy atom. The van der Waals surface area contributed by atoms with Crippen LogP contribution >= 0.6 is 0 Å². The van der Waals surface area contributed by atoms with Gasteiger partial charge in [0.25, 0.3) is 11.4 Å². The first-order valence-corrected chi connectivity index (χ1v) is 6.66. The first-order valence-electron chi connectivity index (χ1n) is 6.66. The van der Waals surface area contributed by atoms with Gasteiger partial charge < -0.3 is 9.47 Å². The SMILES string of the molecule is COc1ccc([N+](=O)[O-])cc1O[C@H](C)c1cccc([N+](=O)[O-])c1. The van der Waals surface area contributed by atoms with Gasteiger partial charge in [-0.2, -0.15) is 0 Å². The Kier molecular flexibility index (Phi) is 4.75. The molecule has 0 aromatic heterocycles. The molecule has 0 saturated heterocycles. The average Bonchev–Trinajstić information content (AvgIpc) is 2.54. The molecule has 120 valence electrons. The van der Waals surface area contributed by atoms with Gasteiger partial charge in [-0.1, -0.05) is 12.1 Å². The predicted octanol–water partition coefficient (Wildman–Crippen LogP) is 3.65. The van der Waals surface area contributed by atoms with Crippen LogP contribution in [0, 0.1) is 20.2 Å². The zero-order valence-electron chi connectivity index (χ0n) is 12.5. The van der Waals surface area contributed by atoms with E-state index in [1.54, 1.807) is 19.1 Å². The molecule has 0 spiro atoms. The molecule has 8 nitrogen and oxygen atoms in total. The molecule has 2 aromatic carbocycles. The van der Waals surface area contributed by atoms with Crippen LogP contribution < -0.4 is 9.47 Å². The van der Waals surface area contributed by atoms with Gasteiger partial charge >= 0.3 is 0 Å². The van der Waals surface area contributed by atoms with E-state index in [1.165, 1.54) is 37.4 Å². The van der Waals surface area contributed by atoms with Crippen LogP contribution in [0.25, 0.3) is 0 Å². The van der Waals surface area contributed by atoms with Crippen LogP contribution in [0.3, 0.4) is 0 Å². The highest BCUT2D eigenvalue weighted by Crippen LogP contribution is 2.34. The summed E-state index contributed by atoms with van der Waals surface area (Å²) in [4.78, 5) is 20.7. The van der Waals surface area contributed by atoms with E-state index in [2.05, 4.69) is 0 Å². The van der Waals surface area contributed by atoms with Crippen molar-refractivity contribution in [2.24, 2.45) is 0 Å². The van der Waals surface area contributed by atoms with Crippen LogP contribution in [0.4, 0.5) is 11.4 Å². The Balaban J connectivity index is 2.30. The van der Waals surface area contributed by atoms with E-state index in [9.17, 15) is 20.2 Å². The molecule has 0 fully saturated rings. The number of hydrogen-bond acceptors (Lipinski definition) is 6. The van der Waals surface area contributed by atoms with E-state index in [1.807, 2.05) is 0 Å². The van der Waals surface area contributed by atoms with Gasteiger partial charge in [0, 0.05) is 18.2 Å². The van der Waals surface area contributed by atoms with Crippen molar-refractivity contribution in [2.75, 3.05) is 7.11 Å². The molecule has 23 heavy (non-hydrogen) atoms. The van der Waals surface area contributed by atoms with Gasteiger partial charge in [0.15, 0.2) is 11.5 Å². The number of nitrogens with zero attached hydrogens (tertiary/aromatic N) is 2. The summed E-state index contributed by atoms with van der Waals surface area (Å²) in [5.41, 5.74) is 0.392. The minimum atomic E-state index is -0.550. The number of nitro benzene ring substituents is 2. The number of nitro groups is 2. The van der Waals surface area contributed by atoms with Gasteiger partial charge in [-0.05, 0) is 18.6 Å². The average molecular weight is 318 g/mol. The monoisotopic (exact) mass is 318 g/mol. The third kappa shape index (κ3) is 3.73. The first-order chi connectivity index (χ1) is 10.9. The van der Waals surface area contributed by atoms with Crippen LogP contribution in [0.2, 0.25) is 0 Å². The largest absolute Gasteiger partial charge is 0.493 e. The summed E-state index contributed by atoms with van der Waals surface area (Å²) in [5, 5.41) is 21.7. The van der Waals surface area contributed by atoms with Crippen molar-refractivity contribution in [1.82, 2.24) is 0 Å². The zero-order chi connectivity index (χ0) is 17.0. The zero-order valence-corrected chi connectivity index (χ0v) is 12.5. The molecule has 0 aliphatic rings. The highest BCUT2D eigenvalue weighted by Gasteiger charge is 2.17. The lowest BCUT2D eigenvalue weighted by molar-refractivity contribution is -0.385. The van der Waals surface area contributed by atoms with Crippen LogP contribution in [0.15, 0.2) is 42.5 Å². The van der Waals surface area contributed by atoms with Gasteiger partial charge in [-0.15, -0.1) is 0 Å². The summed E-state index contributed by atoms with van der Waals surface area (Å²) < 4.78 is 10.8. The quantitative estimate of drug-likeness (QED) is 0.594. The summed E-state index contributed by atoms with van der Waals surface area (Å²) in [6, 6.07) is 10.0. The predicted molar refractivity (Wildman–Crippen MR) is 81.8 cm³/mol. The van der Waals surface area contributed by atoms with Crippen molar-refractivity contribution in [1.29, 1.82) is 0 Å². The molecule has 1 atom stereocenters. The molecule has 0 saturated carbocycles. The molecule has 0 aliphatic carbocycles. The fourth-order valence-electron chi connectivity index (χ4n) is 2.02. The van der Waals surface area contributed by atoms with Crippen molar-refractivity contribution in [3.8, 4) is 11.5 Å². The minimum Gasteiger partial charge on any atom is -0.493 e. The van der Waals surface area contributed by atoms with E-state index >= 15 is 0 Å². The Morgan fingerprint density at radius 1 is 0.957 bits per heavy atom. The van der Waals surface area contributed by atoms with Gasteiger partial charge in [-0.3, -0.25) is 20.2 Å². The second-order valence-electron chi connectivity index (χ2n) is 4.70. The Morgan fingerprint density at radius 2 is 1.61 bits per heavy atom. The number of non-ortho nitro benzene ring substituents is 2. The third-order valence-corrected chi connectivity index (χ3v) is 3.21. The summed E-state index contributed by atoms with van der Waals surface area (Å²) in [6.07, 6.45) is -0.550. The van der Waals surface area contributed by atoms with Crippen molar-refractivity contribution in [3.63, 3.8) is 0 Å². The fourth-order valence-corrected chi connectivity index (χ4v) is 2.02. The molecule has 0 heterocycles. The number of methoxy groups -OCH3 is 1. The molecular weight excluding hydrogens is 304 g/mol. The van der Waals surface area contributed by atoms with E-state index in [-0.39, 0.29) is 17.1 Å². The fraction of sp³-hybridized carbons (Fsp3) is 0.200. The standard InChI is InChI=1S/C15H14N2O6/c1-10(11-4-3-5-12(8-11)16(18)19)23-15-9-13(17(20)21)6-7-14(15)22-2/h3-10H,1-2H3/t10-/m1/s1. The van der Waals surface area contributed by atoms with Crippen LogP contribution in [0.5, 0.6) is 11.5 Å². The van der Waals surface area contributed by atoms with E-state index in [0.29, 0.717) is 11.3 Å². The second-order valence-corrected chi connectivity index (χ2v) is 4.70. The minimum absolute atomic E-state index is 0.0519. The molecule has 0 unspecified atom stereocenters. The number of hydrogen-bond donors (Lipinski definition) is 0. The maximum absolute atomic E-state index is 10.9. The van der Waals surface area contributed by atoms with Gasteiger partial charge in [0.05, 0.1) is 23.0 Å². The summed E-state index contributed by atoms with van der Waals surface area (Å²) in [7, 11) is 1.42. The number of rotatable bonds is 6. The second kappa shape index (κ2) is 6.73. The topological polar surface area (TPSA) is 105 Å². The highest BCUT2D eigenvalue weighted by atomic mass is 16.6. The third-order valence-electron chi connectivity index (χ3n) is 3.21. The maximum atomic E-state index is 10.9. The lowest BCUT2D eigenvalue weighted by atomic mass is 10.1. The molecule has 0 N–H and O–H groups in total. The summed E-state index contributed by atoms with van der Waals surface area (Å²) in [5.74, 6) is 0.536. The van der Waals surface area contributed by atoms with Gasteiger partial charge in [0.1, 0.15) is 6.10 Å². The van der Waals surface area contributed by atoms with E-state index in [4.69, 9.17) is 9.47 Å². The van der Waals surface area contributed by atoms with Gasteiger partial charge in [0.2, 0.25) is 0 Å². The Labute approximate surface area is 131 Å². The van der Waals surface area contributed by atoms with Crippen LogP contribution in [-0.2, 0) is 0 Å². The molecule has 0 aliphatic heterocycles. The lowest BCUT2D eigenvalue weighted by Crippen LogP contribution is -2.05. The smallest absolute Gasteiger partial charge is 0.273 e. The van der Waals surface area contributed by atoms with Crippen molar-refractivity contribution < 1.29 is 19.3 Å². The Hall–Kier alpha value is -3.16. The van der Waals surface area contributed by atoms with Crippen LogP contribution in [0.1, 0.15) is 18.6 Å². The molecule has 0 bridgehead atoms. The van der Waals surface area contributed by atoms with Crippen molar-refractivity contribution in [2.45, 2.75) is 13.0 Å². The molecular formula is C15H14N2O6. The van der Waals surface area contributed by atoms with E-state index in [0.717, 1.165) is 0 Å². The molecule has 2 rings (SSSR count). The normalized spacial score (nSPS) is 11.6. The first kappa shape index (κ1) is 16.2.